The third-order valence-electron chi connectivity index (χ3n) is 8.09. The summed E-state index contributed by atoms with van der Waals surface area (Å²) in [5, 5.41) is 13.1. The number of imidazole rings is 1. The average molecular weight is 582 g/mol. The van der Waals surface area contributed by atoms with Gasteiger partial charge in [-0.25, -0.2) is 31.9 Å². The first kappa shape index (κ1) is 22.0. The van der Waals surface area contributed by atoms with Crippen LogP contribution in [0.2, 0.25) is 0 Å². The molecular formula is C27H32F4N8O2. The molecular weight excluding hydrogens is 544 g/mol. The fraction of sp³-hybridized carbons (Fsp3) is 0.593. The third kappa shape index (κ3) is 5.60. The summed E-state index contributed by atoms with van der Waals surface area (Å²) < 4.78 is 97.5. The van der Waals surface area contributed by atoms with Gasteiger partial charge < -0.3 is 15.5 Å². The highest BCUT2D eigenvalue weighted by Crippen LogP contribution is 2.46. The van der Waals surface area contributed by atoms with Crippen molar-refractivity contribution in [3.8, 4) is 0 Å². The van der Waals surface area contributed by atoms with Crippen molar-refractivity contribution in [1.82, 2.24) is 39.9 Å². The molecule has 3 fully saturated rings. The zero-order chi connectivity index (χ0) is 33.2. The molecule has 14 heteroatoms. The SMILES string of the molecule is [2H]C([2H])([2H])C([2H])([2H])n1nccc1C(=O)NC(c1cn2ncc(C(C3CC3)N3CC(F)(F)CNC3=O)cc2n1)C1CCC(F)(F)CC1. The van der Waals surface area contributed by atoms with Crippen molar-refractivity contribution in [1.29, 1.82) is 0 Å². The van der Waals surface area contributed by atoms with Crippen LogP contribution in [-0.2, 0) is 6.50 Å². The largest absolute Gasteiger partial charge is 0.342 e. The summed E-state index contributed by atoms with van der Waals surface area (Å²) in [6.07, 6.45) is 4.73. The van der Waals surface area contributed by atoms with Crippen LogP contribution < -0.4 is 10.6 Å². The number of nitrogens with zero attached hydrogens (tertiary/aromatic N) is 6. The quantitative estimate of drug-likeness (QED) is 0.385. The number of aryl methyl sites for hydroxylation is 1. The Morgan fingerprint density at radius 1 is 1.20 bits per heavy atom. The number of fused-ring (bicyclic) bond motifs is 1. The number of carbonyl (C=O) groups excluding carboxylic acids is 2. The fourth-order valence-corrected chi connectivity index (χ4v) is 5.86. The van der Waals surface area contributed by atoms with E-state index in [1.807, 2.05) is 0 Å². The number of hydrogen-bond acceptors (Lipinski definition) is 5. The number of urea groups is 1. The smallest absolute Gasteiger partial charge is 0.318 e. The van der Waals surface area contributed by atoms with E-state index >= 15 is 0 Å². The summed E-state index contributed by atoms with van der Waals surface area (Å²) >= 11 is 0. The number of hydrogen-bond donors (Lipinski definition) is 2. The van der Waals surface area contributed by atoms with E-state index in [-0.39, 0.29) is 35.8 Å². The molecule has 4 heterocycles. The molecule has 2 unspecified atom stereocenters. The first-order chi connectivity index (χ1) is 21.5. The molecule has 3 amide bonds. The monoisotopic (exact) mass is 581 g/mol. The second-order valence-corrected chi connectivity index (χ2v) is 11.1. The maximum Gasteiger partial charge on any atom is 0.318 e. The van der Waals surface area contributed by atoms with Crippen molar-refractivity contribution >= 4 is 17.6 Å². The number of rotatable bonds is 8. The van der Waals surface area contributed by atoms with Crippen molar-refractivity contribution in [2.75, 3.05) is 13.1 Å². The van der Waals surface area contributed by atoms with Crippen LogP contribution in [0.1, 0.15) is 86.1 Å². The summed E-state index contributed by atoms with van der Waals surface area (Å²) in [5.41, 5.74) is 0.629. The molecule has 10 nitrogen and oxygen atoms in total. The van der Waals surface area contributed by atoms with Gasteiger partial charge in [0.1, 0.15) is 5.69 Å². The average Bonchev–Trinajstić information content (AvgIpc) is 3.49. The Kier molecular flexibility index (Phi) is 5.51. The number of amides is 3. The fourth-order valence-electron chi connectivity index (χ4n) is 5.86. The summed E-state index contributed by atoms with van der Waals surface area (Å²) in [4.78, 5) is 31.9. The normalized spacial score (nSPS) is 24.8. The van der Waals surface area contributed by atoms with E-state index in [1.165, 1.54) is 16.9 Å². The highest BCUT2D eigenvalue weighted by atomic mass is 19.3. The van der Waals surface area contributed by atoms with Gasteiger partial charge in [-0.05, 0) is 62.1 Å². The molecule has 6 rings (SSSR count). The second-order valence-electron chi connectivity index (χ2n) is 11.1. The van der Waals surface area contributed by atoms with Gasteiger partial charge in [-0.2, -0.15) is 10.2 Å². The van der Waals surface area contributed by atoms with Crippen LogP contribution in [0.15, 0.2) is 30.7 Å². The molecule has 1 aliphatic heterocycles. The zero-order valence-corrected chi connectivity index (χ0v) is 21.9. The van der Waals surface area contributed by atoms with Gasteiger partial charge in [0.15, 0.2) is 5.65 Å². The van der Waals surface area contributed by atoms with E-state index in [0.29, 0.717) is 10.2 Å². The predicted octanol–water partition coefficient (Wildman–Crippen LogP) is 4.35. The Morgan fingerprint density at radius 2 is 1.98 bits per heavy atom. The number of nitrogens with one attached hydrogen (secondary N) is 2. The molecule has 0 aromatic carbocycles. The Bertz CT molecular complexity index is 1630. The summed E-state index contributed by atoms with van der Waals surface area (Å²) in [5.74, 6) is -7.42. The van der Waals surface area contributed by atoms with Crippen molar-refractivity contribution in [3.05, 3.63) is 47.7 Å². The van der Waals surface area contributed by atoms with E-state index in [4.69, 9.17) is 6.85 Å². The van der Waals surface area contributed by atoms with Gasteiger partial charge in [0.25, 0.3) is 11.8 Å². The minimum Gasteiger partial charge on any atom is -0.342 e. The van der Waals surface area contributed by atoms with Gasteiger partial charge in [-0.3, -0.25) is 9.48 Å². The van der Waals surface area contributed by atoms with Crippen LogP contribution in [0.3, 0.4) is 0 Å². The molecule has 3 aromatic rings. The number of carbonyl (C=O) groups is 2. The maximum absolute atomic E-state index is 14.3. The van der Waals surface area contributed by atoms with E-state index in [0.717, 1.165) is 30.0 Å². The van der Waals surface area contributed by atoms with Gasteiger partial charge in [-0.1, -0.05) is 0 Å². The lowest BCUT2D eigenvalue weighted by Gasteiger charge is -2.38. The van der Waals surface area contributed by atoms with Gasteiger partial charge in [0, 0.05) is 29.6 Å². The maximum atomic E-state index is 14.3. The standard InChI is InChI=1S/C27H32F4N8O2/c1-2-38-20(7-10-33-38)24(40)36-22(16-5-8-26(28,29)9-6-16)19-13-39-21(35-19)11-18(12-34-39)23(17-3-4-17)37-15-27(30,31)14-32-25(37)41/h7,10-13,16-17,22-23H,2-6,8-9,14-15H2,1H3,(H,32,41)(H,36,40)/i1D3,2D2. The lowest BCUT2D eigenvalue weighted by molar-refractivity contribution is -0.0495. The van der Waals surface area contributed by atoms with Crippen LogP contribution in [0.4, 0.5) is 22.4 Å². The Balaban J connectivity index is 1.33. The molecule has 1 saturated heterocycles. The Morgan fingerprint density at radius 3 is 2.71 bits per heavy atom. The predicted molar refractivity (Wildman–Crippen MR) is 139 cm³/mol. The van der Waals surface area contributed by atoms with Gasteiger partial charge in [-0.15, -0.1) is 0 Å². The number of alkyl halides is 4. The minimum atomic E-state index is -3.16. The Labute approximate surface area is 240 Å². The molecule has 3 aromatic heterocycles. The molecule has 0 spiro atoms. The molecule has 2 aliphatic carbocycles. The highest BCUT2D eigenvalue weighted by Gasteiger charge is 2.47. The van der Waals surface area contributed by atoms with E-state index < -0.39 is 81.1 Å². The minimum absolute atomic E-state index is 0.0297. The van der Waals surface area contributed by atoms with Crippen molar-refractivity contribution in [2.45, 2.75) is 75.8 Å². The zero-order valence-electron chi connectivity index (χ0n) is 26.9. The van der Waals surface area contributed by atoms with E-state index in [9.17, 15) is 27.2 Å². The third-order valence-corrected chi connectivity index (χ3v) is 8.09. The van der Waals surface area contributed by atoms with Gasteiger partial charge in [0.05, 0.1) is 46.0 Å². The number of aromatic nitrogens is 5. The summed E-state index contributed by atoms with van der Waals surface area (Å²) in [7, 11) is 0. The van der Waals surface area contributed by atoms with Crippen molar-refractivity contribution < 1.29 is 34.0 Å². The van der Waals surface area contributed by atoms with Crippen molar-refractivity contribution in [2.24, 2.45) is 11.8 Å². The molecule has 2 N–H and O–H groups in total. The first-order valence-corrected chi connectivity index (χ1v) is 13.5. The van der Waals surface area contributed by atoms with Crippen LogP contribution in [-0.4, -0.2) is 66.2 Å². The first-order valence-electron chi connectivity index (χ1n) is 16.0. The molecule has 0 radical (unpaired) electrons. The summed E-state index contributed by atoms with van der Waals surface area (Å²) in [6.45, 7) is -7.68. The van der Waals surface area contributed by atoms with Crippen LogP contribution >= 0.6 is 0 Å². The van der Waals surface area contributed by atoms with Crippen LogP contribution in [0.25, 0.3) is 5.65 Å². The number of halogens is 4. The van der Waals surface area contributed by atoms with Crippen LogP contribution in [0, 0.1) is 11.8 Å². The molecule has 0 bridgehead atoms. The van der Waals surface area contributed by atoms with Crippen LogP contribution in [0.5, 0.6) is 0 Å². The lowest BCUT2D eigenvalue weighted by atomic mass is 9.81. The van der Waals surface area contributed by atoms with E-state index in [1.54, 1.807) is 6.07 Å². The molecule has 3 aliphatic rings. The van der Waals surface area contributed by atoms with Gasteiger partial charge >= 0.3 is 6.03 Å². The summed E-state index contributed by atoms with van der Waals surface area (Å²) in [6, 6.07) is 0.536. The lowest BCUT2D eigenvalue weighted by Crippen LogP contribution is -2.58. The molecule has 2 atom stereocenters. The van der Waals surface area contributed by atoms with Crippen molar-refractivity contribution in [3.63, 3.8) is 0 Å². The highest BCUT2D eigenvalue weighted by molar-refractivity contribution is 5.92. The molecule has 220 valence electrons. The molecule has 2 saturated carbocycles. The topological polar surface area (TPSA) is 109 Å². The Hall–Kier alpha value is -3.71. The van der Waals surface area contributed by atoms with E-state index in [2.05, 4.69) is 25.8 Å². The molecule has 41 heavy (non-hydrogen) atoms. The van der Waals surface area contributed by atoms with Gasteiger partial charge in [0.2, 0.25) is 5.92 Å². The second kappa shape index (κ2) is 10.3.